The zero-order chi connectivity index (χ0) is 22.6. The Morgan fingerprint density at radius 2 is 1.68 bits per heavy atom. The van der Waals surface area contributed by atoms with E-state index in [1.54, 1.807) is 38.4 Å². The Morgan fingerprint density at radius 3 is 2.19 bits per heavy atom. The summed E-state index contributed by atoms with van der Waals surface area (Å²) in [5.41, 5.74) is 1.63. The maximum Gasteiger partial charge on any atom is 0.293 e. The van der Waals surface area contributed by atoms with Crippen molar-refractivity contribution in [3.05, 3.63) is 77.7 Å². The predicted molar refractivity (Wildman–Crippen MR) is 122 cm³/mol. The Balaban J connectivity index is 1.89. The Labute approximate surface area is 183 Å². The molecule has 31 heavy (non-hydrogen) atoms. The highest BCUT2D eigenvalue weighted by molar-refractivity contribution is 6.88. The van der Waals surface area contributed by atoms with Gasteiger partial charge in [-0.15, -0.1) is 0 Å². The summed E-state index contributed by atoms with van der Waals surface area (Å²) in [6.07, 6.45) is 1.63. The van der Waals surface area contributed by atoms with Crippen LogP contribution < -0.4 is 9.92 Å². The van der Waals surface area contributed by atoms with Gasteiger partial charge in [0.15, 0.2) is 5.78 Å². The molecule has 0 aliphatic rings. The number of amides is 1. The van der Waals surface area contributed by atoms with Crippen LogP contribution in [0.2, 0.25) is 19.6 Å². The van der Waals surface area contributed by atoms with Crippen LogP contribution >= 0.6 is 0 Å². The van der Waals surface area contributed by atoms with Crippen LogP contribution in [0.5, 0.6) is 5.75 Å². The summed E-state index contributed by atoms with van der Waals surface area (Å²) in [7, 11) is 1.78. The Morgan fingerprint density at radius 1 is 1.03 bits per heavy atom. The monoisotopic (exact) mass is 436 g/mol. The van der Waals surface area contributed by atoms with Crippen LogP contribution in [0.25, 0.3) is 0 Å². The van der Waals surface area contributed by atoms with Crippen LogP contribution in [0.15, 0.2) is 65.3 Å². The molecule has 6 nitrogen and oxygen atoms in total. The molecule has 3 rings (SSSR count). The summed E-state index contributed by atoms with van der Waals surface area (Å²) in [4.78, 5) is 27.7. The van der Waals surface area contributed by atoms with Crippen molar-refractivity contribution >= 4 is 25.0 Å². The number of carbonyl (C=O) groups is 2. The minimum Gasteiger partial charge on any atom is -0.497 e. The zero-order valence-electron chi connectivity index (χ0n) is 18.6. The minimum atomic E-state index is -1.41. The fourth-order valence-corrected chi connectivity index (χ4v) is 4.62. The number of ether oxygens (including phenoxy) is 1. The number of benzene rings is 2. The van der Waals surface area contributed by atoms with Crippen LogP contribution in [0.3, 0.4) is 0 Å². The molecule has 0 spiro atoms. The van der Waals surface area contributed by atoms with E-state index in [9.17, 15) is 9.59 Å². The van der Waals surface area contributed by atoms with Crippen molar-refractivity contribution in [2.75, 3.05) is 14.2 Å². The highest BCUT2D eigenvalue weighted by Crippen LogP contribution is 2.26. The standard InChI is InChI=1S/C24H28N2O4Si/c1-26(24(28)22-14-15-25-30-22)23(18-8-10-19(29-2)11-9-18)21(27)16-17-6-12-20(13-7-17)31(3,4)5/h6-15,23H,16H2,1-5H3. The van der Waals surface area contributed by atoms with Crippen LogP contribution in [0.4, 0.5) is 0 Å². The van der Waals surface area contributed by atoms with Crippen molar-refractivity contribution in [2.24, 2.45) is 0 Å². The first-order valence-corrected chi connectivity index (χ1v) is 13.6. The predicted octanol–water partition coefficient (Wildman–Crippen LogP) is 3.85. The number of nitrogens with zero attached hydrogens (tertiary/aromatic N) is 2. The molecule has 7 heteroatoms. The lowest BCUT2D eigenvalue weighted by molar-refractivity contribution is -0.122. The number of likely N-dealkylation sites (N-methyl/N-ethyl adjacent to an activating group) is 1. The van der Waals surface area contributed by atoms with Gasteiger partial charge < -0.3 is 14.2 Å². The van der Waals surface area contributed by atoms with Crippen molar-refractivity contribution in [1.29, 1.82) is 0 Å². The Hall–Kier alpha value is -3.19. The molecular formula is C24H28N2O4Si. The summed E-state index contributed by atoms with van der Waals surface area (Å²) in [5.74, 6) is 0.288. The van der Waals surface area contributed by atoms with Gasteiger partial charge in [0, 0.05) is 19.5 Å². The third-order valence-electron chi connectivity index (χ3n) is 5.29. The first kappa shape index (κ1) is 22.5. The number of hydrogen-bond acceptors (Lipinski definition) is 5. The minimum absolute atomic E-state index is 0.0821. The molecule has 0 aliphatic heterocycles. The molecule has 1 aromatic heterocycles. The summed E-state index contributed by atoms with van der Waals surface area (Å²) in [5, 5.41) is 4.94. The van der Waals surface area contributed by atoms with Gasteiger partial charge in [-0.1, -0.05) is 66.4 Å². The van der Waals surface area contributed by atoms with Gasteiger partial charge >= 0.3 is 0 Å². The number of rotatable bonds is 8. The number of carbonyl (C=O) groups excluding carboxylic acids is 2. The number of aromatic nitrogens is 1. The molecule has 1 atom stereocenters. The largest absolute Gasteiger partial charge is 0.497 e. The van der Waals surface area contributed by atoms with Crippen molar-refractivity contribution < 1.29 is 18.8 Å². The lowest BCUT2D eigenvalue weighted by Crippen LogP contribution is -2.37. The maximum absolute atomic E-state index is 13.4. The van der Waals surface area contributed by atoms with Gasteiger partial charge in [0.25, 0.3) is 5.91 Å². The van der Waals surface area contributed by atoms with Gasteiger partial charge in [-0.25, -0.2) is 0 Å². The van der Waals surface area contributed by atoms with Crippen LogP contribution in [-0.2, 0) is 11.2 Å². The number of hydrogen-bond donors (Lipinski definition) is 0. The second-order valence-corrected chi connectivity index (χ2v) is 13.6. The van der Waals surface area contributed by atoms with Crippen molar-refractivity contribution in [2.45, 2.75) is 32.1 Å². The van der Waals surface area contributed by atoms with Crippen LogP contribution in [-0.4, -0.2) is 44.0 Å². The van der Waals surface area contributed by atoms with E-state index in [2.05, 4.69) is 36.9 Å². The molecule has 0 fully saturated rings. The lowest BCUT2D eigenvalue weighted by atomic mass is 9.96. The molecule has 162 valence electrons. The van der Waals surface area contributed by atoms with E-state index in [0.29, 0.717) is 11.3 Å². The van der Waals surface area contributed by atoms with Gasteiger partial charge in [-0.2, -0.15) is 0 Å². The normalized spacial score (nSPS) is 12.3. The average Bonchev–Trinajstić information content (AvgIpc) is 3.28. The molecule has 0 saturated heterocycles. The molecule has 0 bridgehead atoms. The zero-order valence-corrected chi connectivity index (χ0v) is 19.6. The first-order chi connectivity index (χ1) is 14.7. The average molecular weight is 437 g/mol. The fourth-order valence-electron chi connectivity index (χ4n) is 3.45. The number of Topliss-reactive ketones (excluding diaryl/α,β-unsaturated/α-hetero) is 1. The number of ketones is 1. The second-order valence-electron chi connectivity index (χ2n) is 8.56. The smallest absolute Gasteiger partial charge is 0.293 e. The van der Waals surface area contributed by atoms with Crippen molar-refractivity contribution in [3.63, 3.8) is 0 Å². The molecule has 2 aromatic carbocycles. The lowest BCUT2D eigenvalue weighted by Gasteiger charge is -2.27. The van der Waals surface area contributed by atoms with E-state index in [1.807, 2.05) is 12.1 Å². The Bertz CT molecular complexity index is 1020. The van der Waals surface area contributed by atoms with Crippen LogP contribution in [0, 0.1) is 0 Å². The van der Waals surface area contributed by atoms with E-state index in [0.717, 1.165) is 5.56 Å². The van der Waals surface area contributed by atoms with Crippen molar-refractivity contribution in [3.8, 4) is 5.75 Å². The summed E-state index contributed by atoms with van der Waals surface area (Å²) in [6, 6.07) is 16.1. The quantitative estimate of drug-likeness (QED) is 0.502. The molecule has 0 N–H and O–H groups in total. The first-order valence-electron chi connectivity index (χ1n) is 10.1. The van der Waals surface area contributed by atoms with E-state index >= 15 is 0 Å². The van der Waals surface area contributed by atoms with Crippen molar-refractivity contribution in [1.82, 2.24) is 10.1 Å². The molecular weight excluding hydrogens is 408 g/mol. The SMILES string of the molecule is COc1ccc(C(C(=O)Cc2ccc([Si](C)(C)C)cc2)N(C)C(=O)c2ccno2)cc1. The van der Waals surface area contributed by atoms with Gasteiger partial charge in [0.2, 0.25) is 5.76 Å². The molecule has 1 unspecified atom stereocenters. The van der Waals surface area contributed by atoms with Gasteiger partial charge in [-0.05, 0) is 23.3 Å². The summed E-state index contributed by atoms with van der Waals surface area (Å²) >= 11 is 0. The fraction of sp³-hybridized carbons (Fsp3) is 0.292. The topological polar surface area (TPSA) is 72.6 Å². The number of methoxy groups -OCH3 is 1. The molecule has 1 amide bonds. The molecule has 0 saturated carbocycles. The molecule has 0 radical (unpaired) electrons. The third-order valence-corrected chi connectivity index (χ3v) is 7.36. The molecule has 1 heterocycles. The summed E-state index contributed by atoms with van der Waals surface area (Å²) in [6.45, 7) is 6.87. The van der Waals surface area contributed by atoms with Gasteiger partial charge in [-0.3, -0.25) is 9.59 Å². The molecule has 0 aliphatic carbocycles. The van der Waals surface area contributed by atoms with E-state index in [4.69, 9.17) is 9.26 Å². The van der Waals surface area contributed by atoms with Gasteiger partial charge in [0.1, 0.15) is 11.8 Å². The van der Waals surface area contributed by atoms with E-state index in [-0.39, 0.29) is 18.0 Å². The Kier molecular flexibility index (Phi) is 6.75. The van der Waals surface area contributed by atoms with Crippen LogP contribution in [0.1, 0.15) is 27.7 Å². The second kappa shape index (κ2) is 9.30. The third kappa shape index (κ3) is 5.30. The molecule has 3 aromatic rings. The van der Waals surface area contributed by atoms with E-state index < -0.39 is 20.0 Å². The maximum atomic E-state index is 13.4. The van der Waals surface area contributed by atoms with Gasteiger partial charge in [0.05, 0.1) is 21.4 Å². The summed E-state index contributed by atoms with van der Waals surface area (Å²) < 4.78 is 10.2. The highest BCUT2D eigenvalue weighted by Gasteiger charge is 2.30. The van der Waals surface area contributed by atoms with E-state index in [1.165, 1.54) is 22.3 Å². The highest BCUT2D eigenvalue weighted by atomic mass is 28.3.